The fourth-order valence-electron chi connectivity index (χ4n) is 2.82. The zero-order valence-electron chi connectivity index (χ0n) is 11.4. The van der Waals surface area contributed by atoms with Gasteiger partial charge >= 0.3 is 0 Å². The lowest BCUT2D eigenvalue weighted by Crippen LogP contribution is -2.38. The molecule has 0 amide bonds. The molecule has 1 saturated heterocycles. The summed E-state index contributed by atoms with van der Waals surface area (Å²) in [5.74, 6) is 0.365. The highest BCUT2D eigenvalue weighted by molar-refractivity contribution is 5.98. The van der Waals surface area contributed by atoms with E-state index in [1.165, 1.54) is 0 Å². The Kier molecular flexibility index (Phi) is 3.77. The van der Waals surface area contributed by atoms with Crippen molar-refractivity contribution in [2.45, 2.75) is 12.8 Å². The van der Waals surface area contributed by atoms with Crippen molar-refractivity contribution in [3.63, 3.8) is 0 Å². The molecule has 102 valence electrons. The topological polar surface area (TPSA) is 33.2 Å². The van der Waals surface area contributed by atoms with Crippen LogP contribution in [0, 0.1) is 5.92 Å². The molecule has 1 aliphatic heterocycles. The van der Waals surface area contributed by atoms with Crippen LogP contribution in [0.2, 0.25) is 0 Å². The van der Waals surface area contributed by atoms with E-state index in [9.17, 15) is 4.79 Å². The second-order valence-corrected chi connectivity index (χ2v) is 5.22. The van der Waals surface area contributed by atoms with Crippen LogP contribution in [0.5, 0.6) is 0 Å². The SMILES string of the molecule is O=C(c1ccccc1)[C@@H]1CCCN(c2ccncc2)C1. The lowest BCUT2D eigenvalue weighted by Gasteiger charge is -2.33. The highest BCUT2D eigenvalue weighted by Crippen LogP contribution is 2.25. The second-order valence-electron chi connectivity index (χ2n) is 5.22. The number of anilines is 1. The van der Waals surface area contributed by atoms with Crippen LogP contribution in [0.25, 0.3) is 0 Å². The van der Waals surface area contributed by atoms with E-state index in [0.717, 1.165) is 37.2 Å². The number of hydrogen-bond acceptors (Lipinski definition) is 3. The molecule has 20 heavy (non-hydrogen) atoms. The molecule has 0 aliphatic carbocycles. The van der Waals surface area contributed by atoms with Gasteiger partial charge in [-0.25, -0.2) is 0 Å². The van der Waals surface area contributed by atoms with E-state index in [2.05, 4.69) is 9.88 Å². The summed E-state index contributed by atoms with van der Waals surface area (Å²) in [7, 11) is 0. The van der Waals surface area contributed by atoms with Crippen LogP contribution in [0.3, 0.4) is 0 Å². The molecular weight excluding hydrogens is 248 g/mol. The average Bonchev–Trinajstić information content (AvgIpc) is 2.56. The van der Waals surface area contributed by atoms with E-state index in [0.29, 0.717) is 0 Å². The summed E-state index contributed by atoms with van der Waals surface area (Å²) < 4.78 is 0. The average molecular weight is 266 g/mol. The zero-order valence-corrected chi connectivity index (χ0v) is 11.4. The van der Waals surface area contributed by atoms with Crippen LogP contribution in [-0.4, -0.2) is 23.9 Å². The lowest BCUT2D eigenvalue weighted by atomic mass is 9.90. The van der Waals surface area contributed by atoms with Crippen molar-refractivity contribution in [3.8, 4) is 0 Å². The molecule has 0 radical (unpaired) electrons. The van der Waals surface area contributed by atoms with Gasteiger partial charge in [0.2, 0.25) is 0 Å². The van der Waals surface area contributed by atoms with Crippen molar-refractivity contribution in [2.75, 3.05) is 18.0 Å². The number of aromatic nitrogens is 1. The predicted molar refractivity (Wildman–Crippen MR) is 79.9 cm³/mol. The molecule has 1 aliphatic rings. The molecule has 1 atom stereocenters. The van der Waals surface area contributed by atoms with Gasteiger partial charge in [0.15, 0.2) is 5.78 Å². The molecule has 3 rings (SSSR count). The predicted octanol–water partition coefficient (Wildman–Crippen LogP) is 3.18. The number of Topliss-reactive ketones (excluding diaryl/α,β-unsaturated/α-hetero) is 1. The van der Waals surface area contributed by atoms with E-state index < -0.39 is 0 Å². The van der Waals surface area contributed by atoms with Crippen LogP contribution < -0.4 is 4.90 Å². The minimum atomic E-state index is 0.0966. The number of hydrogen-bond donors (Lipinski definition) is 0. The van der Waals surface area contributed by atoms with Crippen molar-refractivity contribution in [3.05, 3.63) is 60.4 Å². The van der Waals surface area contributed by atoms with Gasteiger partial charge in [-0.15, -0.1) is 0 Å². The van der Waals surface area contributed by atoms with Crippen molar-refractivity contribution in [1.82, 2.24) is 4.98 Å². The fraction of sp³-hybridized carbons (Fsp3) is 0.294. The fourth-order valence-corrected chi connectivity index (χ4v) is 2.82. The largest absolute Gasteiger partial charge is 0.371 e. The molecule has 0 bridgehead atoms. The maximum Gasteiger partial charge on any atom is 0.167 e. The Morgan fingerprint density at radius 3 is 2.60 bits per heavy atom. The minimum absolute atomic E-state index is 0.0966. The number of pyridine rings is 1. The molecular formula is C17H18N2O. The van der Waals surface area contributed by atoms with Gasteiger partial charge in [0.05, 0.1) is 0 Å². The first kappa shape index (κ1) is 12.9. The van der Waals surface area contributed by atoms with Crippen molar-refractivity contribution < 1.29 is 4.79 Å². The van der Waals surface area contributed by atoms with Crippen molar-refractivity contribution >= 4 is 11.5 Å². The molecule has 1 aromatic carbocycles. The summed E-state index contributed by atoms with van der Waals surface area (Å²) in [4.78, 5) is 18.9. The smallest absolute Gasteiger partial charge is 0.167 e. The summed E-state index contributed by atoms with van der Waals surface area (Å²) in [5.41, 5.74) is 1.99. The van der Waals surface area contributed by atoms with Crippen LogP contribution in [0.15, 0.2) is 54.9 Å². The third-order valence-corrected chi connectivity index (χ3v) is 3.88. The van der Waals surface area contributed by atoms with Crippen molar-refractivity contribution in [2.24, 2.45) is 5.92 Å². The number of piperidine rings is 1. The number of nitrogens with zero attached hydrogens (tertiary/aromatic N) is 2. The quantitative estimate of drug-likeness (QED) is 0.800. The Balaban J connectivity index is 1.74. The van der Waals surface area contributed by atoms with E-state index in [-0.39, 0.29) is 11.7 Å². The Bertz CT molecular complexity index is 568. The Labute approximate surface area is 119 Å². The standard InChI is InChI=1S/C17H18N2O/c20-17(14-5-2-1-3-6-14)15-7-4-12-19(13-15)16-8-10-18-11-9-16/h1-3,5-6,8-11,15H,4,7,12-13H2/t15-/m1/s1. The number of carbonyl (C=O) groups excluding carboxylic acids is 1. The van der Waals surface area contributed by atoms with Crippen LogP contribution in [0.4, 0.5) is 5.69 Å². The summed E-state index contributed by atoms with van der Waals surface area (Å²) >= 11 is 0. The molecule has 0 spiro atoms. The molecule has 1 fully saturated rings. The first-order valence-corrected chi connectivity index (χ1v) is 7.09. The molecule has 0 unspecified atom stereocenters. The minimum Gasteiger partial charge on any atom is -0.371 e. The van der Waals surface area contributed by atoms with E-state index in [1.54, 1.807) is 12.4 Å². The number of rotatable bonds is 3. The molecule has 3 nitrogen and oxygen atoms in total. The maximum atomic E-state index is 12.5. The third kappa shape index (κ3) is 2.72. The highest BCUT2D eigenvalue weighted by atomic mass is 16.1. The first-order chi connectivity index (χ1) is 9.84. The van der Waals surface area contributed by atoms with Gasteiger partial charge in [-0.2, -0.15) is 0 Å². The zero-order chi connectivity index (χ0) is 13.8. The summed E-state index contributed by atoms with van der Waals surface area (Å²) in [6.07, 6.45) is 5.65. The van der Waals surface area contributed by atoms with Crippen molar-refractivity contribution in [1.29, 1.82) is 0 Å². The molecule has 2 heterocycles. The Morgan fingerprint density at radius 2 is 1.85 bits per heavy atom. The first-order valence-electron chi connectivity index (χ1n) is 7.09. The van der Waals surface area contributed by atoms with Crippen LogP contribution in [0.1, 0.15) is 23.2 Å². The van der Waals surface area contributed by atoms with E-state index in [4.69, 9.17) is 0 Å². The van der Waals surface area contributed by atoms with E-state index in [1.807, 2.05) is 42.5 Å². The van der Waals surface area contributed by atoms with Gasteiger partial charge in [0.1, 0.15) is 0 Å². The molecule has 3 heteroatoms. The van der Waals surface area contributed by atoms with Crippen LogP contribution >= 0.6 is 0 Å². The summed E-state index contributed by atoms with van der Waals surface area (Å²) in [6.45, 7) is 1.82. The molecule has 1 aromatic heterocycles. The van der Waals surface area contributed by atoms with Crippen LogP contribution in [-0.2, 0) is 0 Å². The normalized spacial score (nSPS) is 18.8. The van der Waals surface area contributed by atoms with E-state index >= 15 is 0 Å². The number of benzene rings is 1. The van der Waals surface area contributed by atoms with Gasteiger partial charge < -0.3 is 4.90 Å². The lowest BCUT2D eigenvalue weighted by molar-refractivity contribution is 0.0907. The number of ketones is 1. The monoisotopic (exact) mass is 266 g/mol. The van der Waals surface area contributed by atoms with Gasteiger partial charge in [-0.3, -0.25) is 9.78 Å². The highest BCUT2D eigenvalue weighted by Gasteiger charge is 2.26. The second kappa shape index (κ2) is 5.87. The summed E-state index contributed by atoms with van der Waals surface area (Å²) in [6, 6.07) is 13.6. The maximum absolute atomic E-state index is 12.5. The molecule has 0 N–H and O–H groups in total. The van der Waals surface area contributed by atoms with Gasteiger partial charge in [-0.1, -0.05) is 30.3 Å². The Morgan fingerprint density at radius 1 is 1.10 bits per heavy atom. The van der Waals surface area contributed by atoms with Gasteiger partial charge in [0, 0.05) is 42.7 Å². The molecule has 0 saturated carbocycles. The number of carbonyl (C=O) groups is 1. The third-order valence-electron chi connectivity index (χ3n) is 3.88. The molecule has 2 aromatic rings. The van der Waals surface area contributed by atoms with Gasteiger partial charge in [-0.05, 0) is 25.0 Å². The Hall–Kier alpha value is -2.16. The summed E-state index contributed by atoms with van der Waals surface area (Å²) in [5, 5.41) is 0. The van der Waals surface area contributed by atoms with Gasteiger partial charge in [0.25, 0.3) is 0 Å².